The van der Waals surface area contributed by atoms with Crippen LogP contribution in [0.25, 0.3) is 11.0 Å². The lowest BCUT2D eigenvalue weighted by atomic mass is 9.95. The summed E-state index contributed by atoms with van der Waals surface area (Å²) in [4.78, 5) is 16.7. The maximum Gasteiger partial charge on any atom is 0.167 e. The normalized spacial score (nSPS) is 12.9. The summed E-state index contributed by atoms with van der Waals surface area (Å²) in [6.45, 7) is 4.34. The monoisotopic (exact) mass is 245 g/mol. The molecule has 1 aromatic carbocycles. The van der Waals surface area contributed by atoms with Gasteiger partial charge in [-0.05, 0) is 31.5 Å². The number of benzene rings is 1. The summed E-state index contributed by atoms with van der Waals surface area (Å²) in [6.07, 6.45) is 0.772. The lowest BCUT2D eigenvalue weighted by molar-refractivity contribution is 0.0921. The van der Waals surface area contributed by atoms with Gasteiger partial charge < -0.3 is 10.3 Å². The van der Waals surface area contributed by atoms with Crippen molar-refractivity contribution >= 4 is 16.8 Å². The smallest absolute Gasteiger partial charge is 0.167 e. The Morgan fingerprint density at radius 3 is 2.83 bits per heavy atom. The minimum Gasteiger partial charge on any atom is -0.331 e. The number of nitrogens with two attached hydrogens (primary N) is 1. The number of rotatable bonds is 4. The molecule has 0 fully saturated rings. The van der Waals surface area contributed by atoms with Gasteiger partial charge in [0, 0.05) is 25.1 Å². The number of imidazole rings is 1. The lowest BCUT2D eigenvalue weighted by Crippen LogP contribution is -2.23. The predicted octanol–water partition coefficient (Wildman–Crippen LogP) is 2.05. The first kappa shape index (κ1) is 12.8. The second kappa shape index (κ2) is 4.90. The molecule has 0 bridgehead atoms. The Bertz CT molecular complexity index is 582. The molecule has 2 rings (SSSR count). The molecule has 0 amide bonds. The van der Waals surface area contributed by atoms with E-state index in [1.807, 2.05) is 43.7 Å². The standard InChI is InChI=1S/C14H19N3O/c1-4-10(8-15)14(18)11-5-6-13-12(7-11)16-9(2)17(13)3/h5-7,10H,4,8,15H2,1-3H3. The van der Waals surface area contributed by atoms with Crippen molar-refractivity contribution in [1.82, 2.24) is 9.55 Å². The first-order chi connectivity index (χ1) is 8.58. The number of Topliss-reactive ketones (excluding diaryl/α,β-unsaturated/α-hetero) is 1. The molecule has 0 saturated heterocycles. The fourth-order valence-corrected chi connectivity index (χ4v) is 2.17. The fraction of sp³-hybridized carbons (Fsp3) is 0.429. The molecule has 0 aliphatic heterocycles. The molecule has 4 heteroatoms. The van der Waals surface area contributed by atoms with E-state index in [2.05, 4.69) is 4.98 Å². The Labute approximate surface area is 107 Å². The van der Waals surface area contributed by atoms with Crippen LogP contribution >= 0.6 is 0 Å². The highest BCUT2D eigenvalue weighted by Gasteiger charge is 2.17. The van der Waals surface area contributed by atoms with Gasteiger partial charge in [-0.15, -0.1) is 0 Å². The molecule has 1 aromatic heterocycles. The highest BCUT2D eigenvalue weighted by molar-refractivity contribution is 6.00. The first-order valence-corrected chi connectivity index (χ1v) is 6.25. The van der Waals surface area contributed by atoms with Crippen LogP contribution < -0.4 is 5.73 Å². The van der Waals surface area contributed by atoms with E-state index in [0.717, 1.165) is 23.3 Å². The molecule has 18 heavy (non-hydrogen) atoms. The number of ketones is 1. The molecule has 1 unspecified atom stereocenters. The van der Waals surface area contributed by atoms with E-state index in [9.17, 15) is 4.79 Å². The van der Waals surface area contributed by atoms with E-state index in [1.165, 1.54) is 0 Å². The van der Waals surface area contributed by atoms with E-state index in [1.54, 1.807) is 0 Å². The summed E-state index contributed by atoms with van der Waals surface area (Å²) in [5.74, 6) is 0.970. The van der Waals surface area contributed by atoms with Gasteiger partial charge in [-0.3, -0.25) is 4.79 Å². The third-order valence-electron chi connectivity index (χ3n) is 3.54. The van der Waals surface area contributed by atoms with Crippen LogP contribution in [0.4, 0.5) is 0 Å². The van der Waals surface area contributed by atoms with Crippen LogP contribution in [-0.4, -0.2) is 21.9 Å². The van der Waals surface area contributed by atoms with Crippen LogP contribution in [0.2, 0.25) is 0 Å². The zero-order valence-electron chi connectivity index (χ0n) is 11.1. The summed E-state index contributed by atoms with van der Waals surface area (Å²) < 4.78 is 2.02. The van der Waals surface area contributed by atoms with E-state index in [0.29, 0.717) is 12.1 Å². The Kier molecular flexibility index (Phi) is 3.48. The van der Waals surface area contributed by atoms with Crippen molar-refractivity contribution in [3.8, 4) is 0 Å². The van der Waals surface area contributed by atoms with E-state index in [-0.39, 0.29) is 11.7 Å². The van der Waals surface area contributed by atoms with Crippen LogP contribution in [0.5, 0.6) is 0 Å². The van der Waals surface area contributed by atoms with Crippen molar-refractivity contribution < 1.29 is 4.79 Å². The average molecular weight is 245 g/mol. The summed E-state index contributed by atoms with van der Waals surface area (Å²) in [5, 5.41) is 0. The summed E-state index contributed by atoms with van der Waals surface area (Å²) in [7, 11) is 1.97. The Hall–Kier alpha value is -1.68. The number of carbonyl (C=O) groups excluding carboxylic acids is 1. The number of fused-ring (bicyclic) bond motifs is 1. The molecule has 0 aliphatic rings. The van der Waals surface area contributed by atoms with Gasteiger partial charge in [0.25, 0.3) is 0 Å². The number of hydrogen-bond acceptors (Lipinski definition) is 3. The zero-order valence-corrected chi connectivity index (χ0v) is 11.1. The second-order valence-corrected chi connectivity index (χ2v) is 4.63. The molecule has 96 valence electrons. The van der Waals surface area contributed by atoms with E-state index >= 15 is 0 Å². The third-order valence-corrected chi connectivity index (χ3v) is 3.54. The van der Waals surface area contributed by atoms with Gasteiger partial charge in [0.05, 0.1) is 11.0 Å². The molecular weight excluding hydrogens is 226 g/mol. The molecule has 1 atom stereocenters. The topological polar surface area (TPSA) is 60.9 Å². The summed E-state index contributed by atoms with van der Waals surface area (Å²) in [5.41, 5.74) is 8.24. The lowest BCUT2D eigenvalue weighted by Gasteiger charge is -2.10. The number of carbonyl (C=O) groups is 1. The quantitative estimate of drug-likeness (QED) is 0.839. The van der Waals surface area contributed by atoms with Crippen LogP contribution in [0, 0.1) is 12.8 Å². The highest BCUT2D eigenvalue weighted by atomic mass is 16.1. The molecular formula is C14H19N3O. The Morgan fingerprint density at radius 2 is 2.22 bits per heavy atom. The molecule has 1 heterocycles. The van der Waals surface area contributed by atoms with Gasteiger partial charge in [-0.25, -0.2) is 4.98 Å². The van der Waals surface area contributed by atoms with Gasteiger partial charge in [0.15, 0.2) is 5.78 Å². The Morgan fingerprint density at radius 1 is 1.50 bits per heavy atom. The van der Waals surface area contributed by atoms with E-state index < -0.39 is 0 Å². The molecule has 4 nitrogen and oxygen atoms in total. The zero-order chi connectivity index (χ0) is 13.3. The maximum absolute atomic E-state index is 12.2. The SMILES string of the molecule is CCC(CN)C(=O)c1ccc2c(c1)nc(C)n2C. The van der Waals surface area contributed by atoms with Gasteiger partial charge in [-0.2, -0.15) is 0 Å². The van der Waals surface area contributed by atoms with Gasteiger partial charge >= 0.3 is 0 Å². The summed E-state index contributed by atoms with van der Waals surface area (Å²) >= 11 is 0. The maximum atomic E-state index is 12.2. The molecule has 0 aliphatic carbocycles. The van der Waals surface area contributed by atoms with Crippen LogP contribution in [-0.2, 0) is 7.05 Å². The second-order valence-electron chi connectivity index (χ2n) is 4.63. The van der Waals surface area contributed by atoms with Crippen molar-refractivity contribution in [1.29, 1.82) is 0 Å². The van der Waals surface area contributed by atoms with Crippen LogP contribution in [0.1, 0.15) is 29.5 Å². The van der Waals surface area contributed by atoms with E-state index in [4.69, 9.17) is 5.73 Å². The number of aromatic nitrogens is 2. The molecule has 2 N–H and O–H groups in total. The van der Waals surface area contributed by atoms with Crippen molar-refractivity contribution in [3.05, 3.63) is 29.6 Å². The number of hydrogen-bond donors (Lipinski definition) is 1. The Balaban J connectivity index is 2.44. The predicted molar refractivity (Wildman–Crippen MR) is 72.6 cm³/mol. The molecule has 2 aromatic rings. The van der Waals surface area contributed by atoms with Crippen molar-refractivity contribution in [2.24, 2.45) is 18.7 Å². The first-order valence-electron chi connectivity index (χ1n) is 6.25. The number of aryl methyl sites for hydroxylation is 2. The van der Waals surface area contributed by atoms with Gasteiger partial charge in [0.2, 0.25) is 0 Å². The van der Waals surface area contributed by atoms with Gasteiger partial charge in [0.1, 0.15) is 5.82 Å². The highest BCUT2D eigenvalue weighted by Crippen LogP contribution is 2.19. The summed E-state index contributed by atoms with van der Waals surface area (Å²) in [6, 6.07) is 5.68. The molecule has 0 radical (unpaired) electrons. The van der Waals surface area contributed by atoms with Gasteiger partial charge in [-0.1, -0.05) is 6.92 Å². The number of nitrogens with zero attached hydrogens (tertiary/aromatic N) is 2. The third kappa shape index (κ3) is 2.04. The van der Waals surface area contributed by atoms with Crippen molar-refractivity contribution in [2.75, 3.05) is 6.54 Å². The van der Waals surface area contributed by atoms with Crippen molar-refractivity contribution in [3.63, 3.8) is 0 Å². The van der Waals surface area contributed by atoms with Crippen molar-refractivity contribution in [2.45, 2.75) is 20.3 Å². The van der Waals surface area contributed by atoms with Crippen LogP contribution in [0.15, 0.2) is 18.2 Å². The van der Waals surface area contributed by atoms with Crippen LogP contribution in [0.3, 0.4) is 0 Å². The minimum atomic E-state index is -0.0905. The molecule has 0 spiro atoms. The largest absolute Gasteiger partial charge is 0.331 e. The molecule has 0 saturated carbocycles. The minimum absolute atomic E-state index is 0.0905. The fourth-order valence-electron chi connectivity index (χ4n) is 2.17. The average Bonchev–Trinajstić information content (AvgIpc) is 2.66.